The monoisotopic (exact) mass is 1140 g/mol. The summed E-state index contributed by atoms with van der Waals surface area (Å²) in [6, 6.07) is 14.7. The maximum Gasteiger partial charge on any atom is 0.323 e. The van der Waals surface area contributed by atoms with Gasteiger partial charge in [-0.1, -0.05) is 12.1 Å². The molecular weight excluding hydrogens is 1100 g/mol. The quantitative estimate of drug-likeness (QED) is 0.0525. The summed E-state index contributed by atoms with van der Waals surface area (Å²) in [5, 5.41) is 15.1. The van der Waals surface area contributed by atoms with Gasteiger partial charge >= 0.3 is 6.03 Å². The standard InChI is InChI=1S/C45H40N10O17S4.Na/c1-52-19-23(13-37(52)43(58)50-33-9-11-39(75(67,68)69)31-17-27(73(61,62)63)5-7-29(31)33)46-41(56)35-15-25(21-54(35)3)48-45(60)49-26-16-36(55(4)22-26)42(57)47-24-14-38(53(2)20-24)44(59)51-34-10-12-40(76(70,71)72)32-18-28(74(64,65)66)6-8-30(32)34;/h5-22H,1-4H3,(H,46,56)(H,47,57)(H,50,58)(H,51,59)(H2,48,49,60)(H,61,62,63)(H,64,65,66)(H,67,68,69)(H,70,71,72);. The van der Waals surface area contributed by atoms with E-state index < -0.39 is 89.7 Å². The van der Waals surface area contributed by atoms with Gasteiger partial charge in [-0.3, -0.25) is 37.4 Å². The number of anilines is 6. The Hall–Kier alpha value is -7.69. The number of fused-ring (bicyclic) bond motifs is 2. The molecular formula is C45H40N10NaO17S4. The van der Waals surface area contributed by atoms with Crippen molar-refractivity contribution in [2.45, 2.75) is 19.6 Å². The fourth-order valence-electron chi connectivity index (χ4n) is 8.08. The number of nitrogens with one attached hydrogen (secondary N) is 6. The van der Waals surface area contributed by atoms with Gasteiger partial charge in [0.1, 0.15) is 32.6 Å². The van der Waals surface area contributed by atoms with E-state index in [4.69, 9.17) is 0 Å². The number of nitrogens with zero attached hydrogens (tertiary/aromatic N) is 4. The van der Waals surface area contributed by atoms with E-state index in [-0.39, 0.29) is 108 Å². The molecule has 0 bridgehead atoms. The molecule has 397 valence electrons. The third kappa shape index (κ3) is 12.3. The molecule has 0 saturated heterocycles. The number of carbonyl (C=O) groups is 5. The van der Waals surface area contributed by atoms with Crippen LogP contribution in [0, 0.1) is 0 Å². The van der Waals surface area contributed by atoms with E-state index in [9.17, 15) is 75.9 Å². The second-order valence-corrected chi connectivity index (χ2v) is 22.5. The Morgan fingerprint density at radius 1 is 0.364 bits per heavy atom. The molecule has 1 radical (unpaired) electrons. The smallest absolute Gasteiger partial charge is 0.323 e. The summed E-state index contributed by atoms with van der Waals surface area (Å²) in [4.78, 5) is 64.2. The molecule has 4 aromatic heterocycles. The molecule has 27 nitrogen and oxygen atoms in total. The number of hydrogen-bond acceptors (Lipinski definition) is 13. The van der Waals surface area contributed by atoms with Gasteiger partial charge in [-0.15, -0.1) is 0 Å². The van der Waals surface area contributed by atoms with Crippen LogP contribution in [0.25, 0.3) is 21.5 Å². The number of carbonyl (C=O) groups excluding carboxylic acids is 5. The molecule has 10 N–H and O–H groups in total. The van der Waals surface area contributed by atoms with Crippen molar-refractivity contribution >= 4 is 155 Å². The van der Waals surface area contributed by atoms with Crippen LogP contribution in [0.15, 0.2) is 129 Å². The minimum Gasteiger partial charge on any atom is -0.344 e. The van der Waals surface area contributed by atoms with Crippen molar-refractivity contribution in [3.05, 3.63) is 132 Å². The van der Waals surface area contributed by atoms with Gasteiger partial charge in [0.05, 0.1) is 32.5 Å². The molecule has 0 atom stereocenters. The third-order valence-corrected chi connectivity index (χ3v) is 15.0. The molecule has 0 aliphatic carbocycles. The zero-order valence-electron chi connectivity index (χ0n) is 40.4. The first-order valence-electron chi connectivity index (χ1n) is 21.4. The fourth-order valence-corrected chi connectivity index (χ4v) is 10.5. The van der Waals surface area contributed by atoms with Gasteiger partial charge in [0.25, 0.3) is 64.1 Å². The average Bonchev–Trinajstić information content (AvgIpc) is 4.08. The Balaban J connectivity index is 0.00000861. The van der Waals surface area contributed by atoms with E-state index in [1.807, 2.05) is 0 Å². The maximum atomic E-state index is 13.5. The molecule has 4 heterocycles. The normalized spacial score (nSPS) is 11.9. The topological polar surface area (TPSA) is 395 Å². The van der Waals surface area contributed by atoms with Gasteiger partial charge in [0, 0.05) is 115 Å². The summed E-state index contributed by atoms with van der Waals surface area (Å²) in [6.45, 7) is 0. The molecule has 0 aliphatic heterocycles. The summed E-state index contributed by atoms with van der Waals surface area (Å²) in [6.07, 6.45) is 5.73. The zero-order valence-corrected chi connectivity index (χ0v) is 45.7. The van der Waals surface area contributed by atoms with Crippen LogP contribution in [0.5, 0.6) is 0 Å². The predicted molar refractivity (Wildman–Crippen MR) is 279 cm³/mol. The molecule has 77 heavy (non-hydrogen) atoms. The molecule has 6 amide bonds. The molecule has 8 rings (SSSR count). The van der Waals surface area contributed by atoms with Gasteiger partial charge < -0.3 is 50.2 Å². The first-order chi connectivity index (χ1) is 35.3. The van der Waals surface area contributed by atoms with Crippen LogP contribution < -0.4 is 31.9 Å². The van der Waals surface area contributed by atoms with Crippen LogP contribution in [-0.4, -0.2) is 129 Å². The van der Waals surface area contributed by atoms with Gasteiger partial charge in [0.2, 0.25) is 0 Å². The van der Waals surface area contributed by atoms with E-state index in [1.54, 1.807) is 0 Å². The number of hydrogen-bond donors (Lipinski definition) is 10. The van der Waals surface area contributed by atoms with Gasteiger partial charge in [-0.2, -0.15) is 33.7 Å². The van der Waals surface area contributed by atoms with E-state index >= 15 is 0 Å². The van der Waals surface area contributed by atoms with Crippen molar-refractivity contribution in [1.29, 1.82) is 0 Å². The molecule has 0 spiro atoms. The molecule has 0 unspecified atom stereocenters. The number of aromatic nitrogens is 4. The molecule has 32 heteroatoms. The average molecular weight is 1140 g/mol. The van der Waals surface area contributed by atoms with Gasteiger partial charge in [-0.05, 0) is 72.8 Å². The first-order valence-corrected chi connectivity index (χ1v) is 27.1. The summed E-state index contributed by atoms with van der Waals surface area (Å²) < 4.78 is 139. The van der Waals surface area contributed by atoms with Crippen LogP contribution in [0.1, 0.15) is 42.0 Å². The number of benzene rings is 4. The fraction of sp³-hybridized carbons (Fsp3) is 0.0889. The molecule has 0 aliphatic rings. The number of urea groups is 1. The third-order valence-electron chi connectivity index (χ3n) is 11.5. The number of rotatable bonds is 14. The van der Waals surface area contributed by atoms with Crippen molar-refractivity contribution in [3.63, 3.8) is 0 Å². The van der Waals surface area contributed by atoms with Crippen molar-refractivity contribution in [1.82, 2.24) is 18.3 Å². The van der Waals surface area contributed by atoms with Crippen molar-refractivity contribution in [2.75, 3.05) is 31.9 Å². The molecule has 0 fully saturated rings. The molecule has 0 saturated carbocycles. The summed E-state index contributed by atoms with van der Waals surface area (Å²) in [5.41, 5.74) is 0.862. The zero-order chi connectivity index (χ0) is 55.6. The number of aryl methyl sites for hydroxylation is 4. The minimum atomic E-state index is -4.88. The Bertz CT molecular complexity index is 4030. The minimum absolute atomic E-state index is 0. The number of amides is 6. The van der Waals surface area contributed by atoms with E-state index in [0.717, 1.165) is 48.5 Å². The Morgan fingerprint density at radius 3 is 0.935 bits per heavy atom. The SMILES string of the molecule is Cn1cc(NC(=O)Nc2cc(C(=O)Nc3cc(C(=O)Nc4ccc(S(=O)(=O)O)c5cc(S(=O)(=O)O)ccc45)n(C)c3)n(C)c2)cc1C(=O)Nc1cc(C(=O)Nc2ccc(S(=O)(=O)O)c3cc(S(=O)(=O)O)ccc23)n(C)c1.[Na]. The van der Waals surface area contributed by atoms with Crippen molar-refractivity contribution in [2.24, 2.45) is 28.2 Å². The van der Waals surface area contributed by atoms with Crippen LogP contribution in [0.4, 0.5) is 38.9 Å². The van der Waals surface area contributed by atoms with Crippen LogP contribution in [-0.2, 0) is 68.7 Å². The predicted octanol–water partition coefficient (Wildman–Crippen LogP) is 4.61. The van der Waals surface area contributed by atoms with E-state index in [0.29, 0.717) is 0 Å². The van der Waals surface area contributed by atoms with E-state index in [1.165, 1.54) is 108 Å². The second-order valence-electron chi connectivity index (χ2n) is 16.8. The van der Waals surface area contributed by atoms with Crippen molar-refractivity contribution < 1.29 is 75.9 Å². The Kier molecular flexibility index (Phi) is 15.6. The molecule has 8 aromatic rings. The summed E-state index contributed by atoms with van der Waals surface area (Å²) in [5.74, 6) is -2.79. The Morgan fingerprint density at radius 2 is 0.649 bits per heavy atom. The van der Waals surface area contributed by atoms with Crippen LogP contribution >= 0.6 is 0 Å². The Labute approximate surface area is 458 Å². The van der Waals surface area contributed by atoms with E-state index in [2.05, 4.69) is 31.9 Å². The van der Waals surface area contributed by atoms with Crippen LogP contribution in [0.3, 0.4) is 0 Å². The first kappa shape index (κ1) is 57.0. The summed E-state index contributed by atoms with van der Waals surface area (Å²) in [7, 11) is -13.3. The molecule has 4 aromatic carbocycles. The van der Waals surface area contributed by atoms with Gasteiger partial charge in [-0.25, -0.2) is 4.79 Å². The largest absolute Gasteiger partial charge is 0.344 e. The maximum absolute atomic E-state index is 13.5. The summed E-state index contributed by atoms with van der Waals surface area (Å²) >= 11 is 0. The van der Waals surface area contributed by atoms with Crippen molar-refractivity contribution in [3.8, 4) is 0 Å². The van der Waals surface area contributed by atoms with Crippen LogP contribution in [0.2, 0.25) is 0 Å². The second kappa shape index (κ2) is 21.0. The van der Waals surface area contributed by atoms with Gasteiger partial charge in [0.15, 0.2) is 0 Å².